The Bertz CT molecular complexity index is 1190. The molecule has 0 amide bonds. The van der Waals surface area contributed by atoms with E-state index >= 15 is 0 Å². The van der Waals surface area contributed by atoms with Crippen LogP contribution in [0, 0.1) is 6.92 Å². The Kier molecular flexibility index (Phi) is 5.56. The number of aryl methyl sites for hydroxylation is 1. The highest BCUT2D eigenvalue weighted by Gasteiger charge is 2.29. The molecule has 0 radical (unpaired) electrons. The number of aliphatic hydroxyl groups excluding tert-OH is 1. The third-order valence-electron chi connectivity index (χ3n) is 6.25. The number of fused-ring (bicyclic) bond motifs is 1. The Morgan fingerprint density at radius 1 is 1.12 bits per heavy atom. The van der Waals surface area contributed by atoms with Crippen molar-refractivity contribution in [1.82, 2.24) is 14.5 Å². The smallest absolute Gasteiger partial charge is 0.231 e. The van der Waals surface area contributed by atoms with E-state index < -0.39 is 0 Å². The van der Waals surface area contributed by atoms with Crippen LogP contribution in [0.3, 0.4) is 0 Å². The molecule has 164 valence electrons. The van der Waals surface area contributed by atoms with Gasteiger partial charge in [-0.15, -0.1) is 5.73 Å². The molecule has 6 heteroatoms. The van der Waals surface area contributed by atoms with Gasteiger partial charge in [0.2, 0.25) is 6.79 Å². The van der Waals surface area contributed by atoms with Crippen molar-refractivity contribution in [3.8, 4) is 34.1 Å². The fourth-order valence-electron chi connectivity index (χ4n) is 4.65. The molecule has 5 rings (SSSR count). The van der Waals surface area contributed by atoms with Crippen molar-refractivity contribution in [2.45, 2.75) is 51.2 Å². The SMILES string of the molecule is C=C=CCn1c(C2CCC(O)CC2)nc(-c2cccc(C)n2)c1-c1ccc2c(c1)OCO2. The minimum absolute atomic E-state index is 0.214. The molecule has 1 saturated carbocycles. The van der Waals surface area contributed by atoms with Crippen LogP contribution in [0.4, 0.5) is 0 Å². The van der Waals surface area contributed by atoms with Crippen molar-refractivity contribution in [3.05, 3.63) is 66.3 Å². The Labute approximate surface area is 187 Å². The lowest BCUT2D eigenvalue weighted by Crippen LogP contribution is -2.20. The topological polar surface area (TPSA) is 69.4 Å². The number of hydrogen-bond donors (Lipinski definition) is 1. The van der Waals surface area contributed by atoms with E-state index in [4.69, 9.17) is 19.4 Å². The zero-order valence-corrected chi connectivity index (χ0v) is 18.3. The summed E-state index contributed by atoms with van der Waals surface area (Å²) in [7, 11) is 0. The molecule has 1 aliphatic heterocycles. The van der Waals surface area contributed by atoms with Gasteiger partial charge < -0.3 is 19.1 Å². The largest absolute Gasteiger partial charge is 0.454 e. The summed E-state index contributed by atoms with van der Waals surface area (Å²) in [4.78, 5) is 9.96. The van der Waals surface area contributed by atoms with Gasteiger partial charge in [0.15, 0.2) is 11.5 Å². The summed E-state index contributed by atoms with van der Waals surface area (Å²) in [6, 6.07) is 12.0. The van der Waals surface area contributed by atoms with Gasteiger partial charge in [-0.2, -0.15) is 0 Å². The summed E-state index contributed by atoms with van der Waals surface area (Å²) < 4.78 is 13.4. The van der Waals surface area contributed by atoms with E-state index in [1.165, 1.54) is 0 Å². The molecule has 32 heavy (non-hydrogen) atoms. The highest BCUT2D eigenvalue weighted by atomic mass is 16.7. The lowest BCUT2D eigenvalue weighted by atomic mass is 9.87. The molecule has 1 aromatic carbocycles. The van der Waals surface area contributed by atoms with Gasteiger partial charge in [-0.25, -0.2) is 4.98 Å². The molecule has 3 heterocycles. The molecule has 0 saturated heterocycles. The van der Waals surface area contributed by atoms with Crippen LogP contribution < -0.4 is 9.47 Å². The zero-order valence-electron chi connectivity index (χ0n) is 18.3. The standard InChI is InChI=1S/C26H27N3O3/c1-3-4-14-29-25(19-10-13-22-23(15-19)32-16-31-22)24(21-7-5-6-17(2)27-21)28-26(29)18-8-11-20(30)12-9-18/h4-7,10,13,15,18,20,30H,1,8-9,11-12,14,16H2,2H3. The number of aromatic nitrogens is 3. The van der Waals surface area contributed by atoms with E-state index in [9.17, 15) is 5.11 Å². The molecule has 1 N–H and O–H groups in total. The Hall–Kier alpha value is -3.34. The molecule has 6 nitrogen and oxygen atoms in total. The van der Waals surface area contributed by atoms with Crippen LogP contribution in [0.15, 0.2) is 54.8 Å². The van der Waals surface area contributed by atoms with Gasteiger partial charge in [-0.05, 0) is 69.0 Å². The van der Waals surface area contributed by atoms with Gasteiger partial charge in [-0.3, -0.25) is 4.98 Å². The fourth-order valence-corrected chi connectivity index (χ4v) is 4.65. The van der Waals surface area contributed by atoms with Crippen LogP contribution in [0.5, 0.6) is 11.5 Å². The van der Waals surface area contributed by atoms with E-state index in [1.54, 1.807) is 0 Å². The fraction of sp³-hybridized carbons (Fsp3) is 0.346. The van der Waals surface area contributed by atoms with Crippen molar-refractivity contribution < 1.29 is 14.6 Å². The maximum atomic E-state index is 10.0. The number of hydrogen-bond acceptors (Lipinski definition) is 5. The summed E-state index contributed by atoms with van der Waals surface area (Å²) >= 11 is 0. The minimum Gasteiger partial charge on any atom is -0.454 e. The van der Waals surface area contributed by atoms with Crippen molar-refractivity contribution in [2.75, 3.05) is 6.79 Å². The molecule has 0 unspecified atom stereocenters. The van der Waals surface area contributed by atoms with Crippen LogP contribution >= 0.6 is 0 Å². The molecule has 0 atom stereocenters. The van der Waals surface area contributed by atoms with E-state index in [-0.39, 0.29) is 18.8 Å². The summed E-state index contributed by atoms with van der Waals surface area (Å²) in [5.74, 6) is 2.79. The van der Waals surface area contributed by atoms with Crippen LogP contribution in [0.1, 0.15) is 43.1 Å². The van der Waals surface area contributed by atoms with E-state index in [0.29, 0.717) is 6.54 Å². The van der Waals surface area contributed by atoms with Gasteiger partial charge in [0, 0.05) is 23.7 Å². The third kappa shape index (κ3) is 3.83. The van der Waals surface area contributed by atoms with E-state index in [2.05, 4.69) is 16.9 Å². The normalized spacial score (nSPS) is 19.6. The van der Waals surface area contributed by atoms with Crippen LogP contribution in [-0.2, 0) is 6.54 Å². The number of aliphatic hydroxyl groups is 1. The van der Waals surface area contributed by atoms with Crippen molar-refractivity contribution in [3.63, 3.8) is 0 Å². The lowest BCUT2D eigenvalue weighted by molar-refractivity contribution is 0.121. The van der Waals surface area contributed by atoms with Crippen LogP contribution in [0.25, 0.3) is 22.6 Å². The van der Waals surface area contributed by atoms with Crippen molar-refractivity contribution in [1.29, 1.82) is 0 Å². The molecule has 1 fully saturated rings. The molecule has 2 aliphatic rings. The van der Waals surface area contributed by atoms with Gasteiger partial charge in [-0.1, -0.05) is 12.6 Å². The Balaban J connectivity index is 1.72. The molecular weight excluding hydrogens is 402 g/mol. The van der Waals surface area contributed by atoms with Gasteiger partial charge >= 0.3 is 0 Å². The molecule has 3 aromatic rings. The molecule has 0 bridgehead atoms. The average molecular weight is 430 g/mol. The highest BCUT2D eigenvalue weighted by Crippen LogP contribution is 2.42. The molecular formula is C26H27N3O3. The zero-order chi connectivity index (χ0) is 22.1. The predicted molar refractivity (Wildman–Crippen MR) is 123 cm³/mol. The first-order valence-electron chi connectivity index (χ1n) is 11.1. The number of rotatable bonds is 5. The number of nitrogens with zero attached hydrogens (tertiary/aromatic N) is 3. The van der Waals surface area contributed by atoms with Gasteiger partial charge in [0.05, 0.1) is 17.5 Å². The number of pyridine rings is 1. The number of ether oxygens (including phenoxy) is 2. The Morgan fingerprint density at radius 3 is 2.72 bits per heavy atom. The minimum atomic E-state index is -0.214. The number of imidazole rings is 1. The maximum Gasteiger partial charge on any atom is 0.231 e. The average Bonchev–Trinajstić information content (AvgIpc) is 3.42. The summed E-state index contributed by atoms with van der Waals surface area (Å²) in [6.07, 6.45) is 5.13. The first-order chi connectivity index (χ1) is 15.6. The molecule has 0 spiro atoms. The molecule has 1 aliphatic carbocycles. The monoisotopic (exact) mass is 429 g/mol. The van der Waals surface area contributed by atoms with Crippen LogP contribution in [0.2, 0.25) is 0 Å². The predicted octanol–water partition coefficient (Wildman–Crippen LogP) is 5.01. The first kappa shape index (κ1) is 20.6. The second-order valence-corrected chi connectivity index (χ2v) is 8.42. The summed E-state index contributed by atoms with van der Waals surface area (Å²) in [6.45, 7) is 6.60. The number of allylic oxidation sites excluding steroid dienone is 1. The Morgan fingerprint density at radius 2 is 1.94 bits per heavy atom. The quantitative estimate of drug-likeness (QED) is 0.578. The second-order valence-electron chi connectivity index (χ2n) is 8.42. The van der Waals surface area contributed by atoms with Gasteiger partial charge in [0.25, 0.3) is 0 Å². The second kappa shape index (κ2) is 8.65. The van der Waals surface area contributed by atoms with E-state index in [0.717, 1.165) is 71.3 Å². The number of benzene rings is 1. The summed E-state index contributed by atoms with van der Waals surface area (Å²) in [5, 5.41) is 10.0. The van der Waals surface area contributed by atoms with Gasteiger partial charge in [0.1, 0.15) is 11.5 Å². The third-order valence-corrected chi connectivity index (χ3v) is 6.25. The van der Waals surface area contributed by atoms with Crippen molar-refractivity contribution >= 4 is 0 Å². The summed E-state index contributed by atoms with van der Waals surface area (Å²) in [5.41, 5.74) is 7.54. The van der Waals surface area contributed by atoms with Crippen molar-refractivity contribution in [2.24, 2.45) is 0 Å². The van der Waals surface area contributed by atoms with Crippen LogP contribution in [-0.4, -0.2) is 32.5 Å². The lowest BCUT2D eigenvalue weighted by Gasteiger charge is -2.25. The highest BCUT2D eigenvalue weighted by molar-refractivity contribution is 5.79. The molecule has 2 aromatic heterocycles. The van der Waals surface area contributed by atoms with E-state index in [1.807, 2.05) is 49.4 Å². The first-order valence-corrected chi connectivity index (χ1v) is 11.1. The maximum absolute atomic E-state index is 10.0.